The predicted molar refractivity (Wildman–Crippen MR) is 364 cm³/mol. The van der Waals surface area contributed by atoms with Crippen molar-refractivity contribution >= 4 is 23.9 Å². The van der Waals surface area contributed by atoms with Gasteiger partial charge in [-0.25, -0.2) is 0 Å². The maximum atomic E-state index is 13.4. The molecule has 0 aromatic heterocycles. The summed E-state index contributed by atoms with van der Waals surface area (Å²) in [5.74, 6) is -1.45. The van der Waals surface area contributed by atoms with Gasteiger partial charge in [-0.05, 0) is 154 Å². The highest BCUT2D eigenvalue weighted by atomic mass is 16.6. The lowest BCUT2D eigenvalue weighted by atomic mass is 9.92. The van der Waals surface area contributed by atoms with Gasteiger partial charge in [0, 0.05) is 25.7 Å². The van der Waals surface area contributed by atoms with Gasteiger partial charge < -0.3 is 18.9 Å². The zero-order valence-electron chi connectivity index (χ0n) is 55.8. The monoisotopic (exact) mass is 1180 g/mol. The maximum Gasteiger partial charge on any atom is 0.305 e. The van der Waals surface area contributed by atoms with Crippen LogP contribution in [0.1, 0.15) is 336 Å². The highest BCUT2D eigenvalue weighted by Gasteiger charge is 2.38. The van der Waals surface area contributed by atoms with Gasteiger partial charge in [-0.2, -0.15) is 0 Å². The fraction of sp³-hybridized carbons (Fsp3) is 0.740. The van der Waals surface area contributed by atoms with Gasteiger partial charge in [0.25, 0.3) is 0 Å². The zero-order valence-corrected chi connectivity index (χ0v) is 55.8. The van der Waals surface area contributed by atoms with E-state index < -0.39 is 5.41 Å². The molecule has 0 bridgehead atoms. The molecule has 0 N–H and O–H groups in total. The summed E-state index contributed by atoms with van der Waals surface area (Å²) in [6, 6.07) is 0. The van der Waals surface area contributed by atoms with E-state index in [1.165, 1.54) is 103 Å². The summed E-state index contributed by atoms with van der Waals surface area (Å²) in [5.41, 5.74) is -1.25. The van der Waals surface area contributed by atoms with Crippen molar-refractivity contribution in [3.63, 3.8) is 0 Å². The molecule has 8 heteroatoms. The summed E-state index contributed by atoms with van der Waals surface area (Å²) >= 11 is 0. The van der Waals surface area contributed by atoms with Crippen molar-refractivity contribution in [1.29, 1.82) is 0 Å². The number of carbonyl (C=O) groups excluding carboxylic acids is 4. The van der Waals surface area contributed by atoms with E-state index in [2.05, 4.69) is 125 Å². The first-order valence-corrected chi connectivity index (χ1v) is 35.6. The Balaban J connectivity index is 5.59. The minimum Gasteiger partial charge on any atom is -0.465 e. The second kappa shape index (κ2) is 67.3. The fourth-order valence-corrected chi connectivity index (χ4v) is 9.80. The quantitative estimate of drug-likeness (QED) is 0.0257. The number of ether oxygens (including phenoxy) is 4. The fourth-order valence-electron chi connectivity index (χ4n) is 9.80. The number of esters is 4. The molecule has 0 heterocycles. The summed E-state index contributed by atoms with van der Waals surface area (Å²) in [6.07, 6.45) is 85.2. The van der Waals surface area contributed by atoms with Crippen molar-refractivity contribution < 1.29 is 38.1 Å². The average Bonchev–Trinajstić information content (AvgIpc) is 3.60. The van der Waals surface area contributed by atoms with Crippen molar-refractivity contribution in [2.45, 2.75) is 336 Å². The van der Waals surface area contributed by atoms with Crippen LogP contribution >= 0.6 is 0 Å². The first-order valence-electron chi connectivity index (χ1n) is 35.6. The molecular formula is C77H132O8. The molecule has 0 rings (SSSR count). The lowest BCUT2D eigenvalue weighted by Crippen LogP contribution is -2.44. The van der Waals surface area contributed by atoms with E-state index >= 15 is 0 Å². The third-order valence-corrected chi connectivity index (χ3v) is 15.5. The second-order valence-electron chi connectivity index (χ2n) is 24.1. The molecule has 0 unspecified atom stereocenters. The number of hydrogen-bond donors (Lipinski definition) is 0. The Morgan fingerprint density at radius 1 is 0.224 bits per heavy atom. The van der Waals surface area contributed by atoms with Crippen LogP contribution in [0.4, 0.5) is 0 Å². The first-order chi connectivity index (χ1) is 41.8. The Kier molecular flexibility index (Phi) is 64.0. The van der Waals surface area contributed by atoms with Crippen molar-refractivity contribution in [1.82, 2.24) is 0 Å². The minimum absolute atomic E-state index is 0.197. The Labute approximate surface area is 524 Å². The van der Waals surface area contributed by atoms with Crippen LogP contribution < -0.4 is 0 Å². The van der Waals surface area contributed by atoms with Crippen LogP contribution in [-0.4, -0.2) is 50.3 Å². The second-order valence-corrected chi connectivity index (χ2v) is 24.1. The Morgan fingerprint density at radius 2 is 0.388 bits per heavy atom. The summed E-state index contributed by atoms with van der Waals surface area (Å²) in [5, 5.41) is 0. The molecule has 0 aromatic rings. The van der Waals surface area contributed by atoms with Gasteiger partial charge in [-0.15, -0.1) is 0 Å². The molecule has 0 spiro atoms. The molecule has 0 amide bonds. The number of hydrogen-bond acceptors (Lipinski definition) is 8. The summed E-state index contributed by atoms with van der Waals surface area (Å²) in [4.78, 5) is 53.5. The van der Waals surface area contributed by atoms with Gasteiger partial charge >= 0.3 is 23.9 Å². The largest absolute Gasteiger partial charge is 0.465 e. The van der Waals surface area contributed by atoms with Gasteiger partial charge in [0.2, 0.25) is 0 Å². The molecule has 0 aliphatic heterocycles. The Morgan fingerprint density at radius 3 is 0.576 bits per heavy atom. The van der Waals surface area contributed by atoms with Gasteiger partial charge in [0.05, 0.1) is 0 Å². The zero-order chi connectivity index (χ0) is 61.7. The normalized spacial score (nSPS) is 12.4. The predicted octanol–water partition coefficient (Wildman–Crippen LogP) is 23.4. The molecule has 8 nitrogen and oxygen atoms in total. The number of allylic oxidation sites excluding steroid dienone is 16. The van der Waals surface area contributed by atoms with Crippen molar-refractivity contribution in [3.8, 4) is 0 Å². The van der Waals surface area contributed by atoms with E-state index in [0.717, 1.165) is 154 Å². The summed E-state index contributed by atoms with van der Waals surface area (Å²) in [6.45, 7) is 8.15. The van der Waals surface area contributed by atoms with Gasteiger partial charge in [-0.1, -0.05) is 253 Å². The van der Waals surface area contributed by atoms with E-state index in [1.807, 2.05) is 0 Å². The lowest BCUT2D eigenvalue weighted by molar-refractivity contribution is -0.170. The maximum absolute atomic E-state index is 13.4. The third kappa shape index (κ3) is 62.7. The Bertz CT molecular complexity index is 1490. The minimum atomic E-state index is -1.25. The number of rotatable bonds is 64. The van der Waals surface area contributed by atoms with E-state index in [1.54, 1.807) is 0 Å². The topological polar surface area (TPSA) is 105 Å². The highest BCUT2D eigenvalue weighted by Crippen LogP contribution is 2.24. The number of unbranched alkanes of at least 4 members (excludes halogenated alkanes) is 32. The van der Waals surface area contributed by atoms with Crippen molar-refractivity contribution in [3.05, 3.63) is 97.2 Å². The molecule has 0 aliphatic carbocycles. The van der Waals surface area contributed by atoms with Gasteiger partial charge in [0.1, 0.15) is 31.8 Å². The van der Waals surface area contributed by atoms with Crippen LogP contribution in [0, 0.1) is 5.41 Å². The van der Waals surface area contributed by atoms with Gasteiger partial charge in [-0.3, -0.25) is 19.2 Å². The molecular weight excluding hydrogens is 1050 g/mol. The molecule has 0 aromatic carbocycles. The van der Waals surface area contributed by atoms with E-state index in [9.17, 15) is 19.2 Å². The molecule has 0 fully saturated rings. The molecule has 0 saturated heterocycles. The van der Waals surface area contributed by atoms with Crippen molar-refractivity contribution in [2.24, 2.45) is 5.41 Å². The van der Waals surface area contributed by atoms with Crippen molar-refractivity contribution in [2.75, 3.05) is 26.4 Å². The van der Waals surface area contributed by atoms with E-state index in [0.29, 0.717) is 25.7 Å². The molecule has 488 valence electrons. The summed E-state index contributed by atoms with van der Waals surface area (Å²) in [7, 11) is 0. The standard InChI is InChI=1S/C77H132O8/c1-5-9-13-17-21-25-29-33-37-41-45-49-53-57-61-65-73(78)82-69-77(70-83-74(79)66-62-58-54-50-46-42-38-34-30-26-22-18-14-10-6-2,71-84-75(80)67-63-59-55-51-47-43-39-35-31-27-23-19-15-11-7-3)72-85-76(81)68-64-60-56-52-48-44-40-36-32-28-24-20-16-12-8-4/h21-28,33-40H,5-20,29-32,41-72H2,1-4H3/b25-21-,26-22-,27-23-,28-24-,37-33-,38-34-,39-35-,40-36-. The van der Waals surface area contributed by atoms with Crippen LogP contribution in [0.15, 0.2) is 97.2 Å². The average molecular weight is 1190 g/mol. The molecule has 85 heavy (non-hydrogen) atoms. The highest BCUT2D eigenvalue weighted by molar-refractivity contribution is 5.71. The smallest absolute Gasteiger partial charge is 0.305 e. The Hall–Kier alpha value is -4.20. The first kappa shape index (κ1) is 80.8. The SMILES string of the molecule is CCCCC/C=C\C/C=C\CCCCCCCC(=O)OCC(COC(=O)CCCCCCC/C=C\C/C=C\CCCCC)(COC(=O)CCCCCCC/C=C\C/C=C\CCCCC)COC(=O)CCCCCCC/C=C\C/C=C\CCCCC. The van der Waals surface area contributed by atoms with E-state index in [-0.39, 0.29) is 76.0 Å². The van der Waals surface area contributed by atoms with Crippen LogP contribution in [-0.2, 0) is 38.1 Å². The van der Waals surface area contributed by atoms with Gasteiger partial charge in [0.15, 0.2) is 0 Å². The lowest BCUT2D eigenvalue weighted by Gasteiger charge is -2.31. The number of carbonyl (C=O) groups is 4. The molecule has 0 aliphatic rings. The molecule has 0 radical (unpaired) electrons. The van der Waals surface area contributed by atoms with Crippen LogP contribution in [0.5, 0.6) is 0 Å². The van der Waals surface area contributed by atoms with Crippen LogP contribution in [0.25, 0.3) is 0 Å². The van der Waals surface area contributed by atoms with E-state index in [4.69, 9.17) is 18.9 Å². The molecule has 0 atom stereocenters. The van der Waals surface area contributed by atoms with Crippen LogP contribution in [0.3, 0.4) is 0 Å². The summed E-state index contributed by atoms with van der Waals surface area (Å²) < 4.78 is 23.8. The third-order valence-electron chi connectivity index (χ3n) is 15.5. The van der Waals surface area contributed by atoms with Crippen LogP contribution in [0.2, 0.25) is 0 Å². The molecule has 0 saturated carbocycles.